The van der Waals surface area contributed by atoms with Crippen LogP contribution >= 0.6 is 0 Å². The number of anilines is 1. The van der Waals surface area contributed by atoms with E-state index >= 15 is 0 Å². The molecule has 30 heavy (non-hydrogen) atoms. The zero-order chi connectivity index (χ0) is 21.3. The number of hydrogen-bond donors (Lipinski definition) is 2. The number of aromatic nitrogens is 2. The first-order valence-corrected chi connectivity index (χ1v) is 9.83. The molecule has 1 aromatic heterocycles. The minimum Gasteiger partial charge on any atom is -0.493 e. The smallest absolute Gasteiger partial charge is 0.252 e. The fraction of sp³-hybridized carbons (Fsp3) is 0.261. The highest BCUT2D eigenvalue weighted by molar-refractivity contribution is 5.81. The normalized spacial score (nSPS) is 10.9. The summed E-state index contributed by atoms with van der Waals surface area (Å²) in [4.78, 5) is 18.7. The zero-order valence-corrected chi connectivity index (χ0v) is 17.4. The van der Waals surface area contributed by atoms with Gasteiger partial charge < -0.3 is 9.47 Å². The Balaban J connectivity index is 1.67. The molecule has 0 aliphatic carbocycles. The van der Waals surface area contributed by atoms with Crippen molar-refractivity contribution in [1.29, 1.82) is 0 Å². The molecule has 0 saturated heterocycles. The average molecular weight is 406 g/mol. The lowest BCUT2D eigenvalue weighted by Crippen LogP contribution is -2.12. The van der Waals surface area contributed by atoms with Crippen molar-refractivity contribution in [2.75, 3.05) is 12.5 Å². The molecule has 3 rings (SSSR count). The van der Waals surface area contributed by atoms with Crippen molar-refractivity contribution < 1.29 is 9.47 Å². The van der Waals surface area contributed by atoms with Crippen LogP contribution in [0.25, 0.3) is 0 Å². The second-order valence-corrected chi connectivity index (χ2v) is 6.83. The lowest BCUT2D eigenvalue weighted by Gasteiger charge is -2.12. The highest BCUT2D eigenvalue weighted by Crippen LogP contribution is 2.28. The monoisotopic (exact) mass is 406 g/mol. The first-order chi connectivity index (χ1) is 14.6. The molecule has 0 saturated carbocycles. The van der Waals surface area contributed by atoms with Crippen LogP contribution in [0, 0.1) is 6.92 Å². The van der Waals surface area contributed by atoms with Crippen LogP contribution in [0.1, 0.15) is 35.7 Å². The van der Waals surface area contributed by atoms with Gasteiger partial charge in [-0.05, 0) is 48.2 Å². The van der Waals surface area contributed by atoms with Gasteiger partial charge in [-0.1, -0.05) is 37.6 Å². The van der Waals surface area contributed by atoms with Gasteiger partial charge in [0.25, 0.3) is 5.56 Å². The molecule has 1 heterocycles. The highest BCUT2D eigenvalue weighted by Gasteiger charge is 2.07. The largest absolute Gasteiger partial charge is 0.493 e. The van der Waals surface area contributed by atoms with Crippen LogP contribution in [0.3, 0.4) is 0 Å². The van der Waals surface area contributed by atoms with Crippen molar-refractivity contribution in [3.8, 4) is 11.5 Å². The fourth-order valence-corrected chi connectivity index (χ4v) is 2.92. The summed E-state index contributed by atoms with van der Waals surface area (Å²) in [5.74, 6) is 1.58. The van der Waals surface area contributed by atoms with Gasteiger partial charge in [0.1, 0.15) is 6.61 Å². The van der Waals surface area contributed by atoms with Gasteiger partial charge in [-0.15, -0.1) is 0 Å². The molecule has 0 atom stereocenters. The van der Waals surface area contributed by atoms with Gasteiger partial charge in [0, 0.05) is 11.8 Å². The first kappa shape index (κ1) is 21.1. The van der Waals surface area contributed by atoms with E-state index in [1.807, 2.05) is 43.3 Å². The van der Waals surface area contributed by atoms with Gasteiger partial charge in [0.2, 0.25) is 5.95 Å². The third kappa shape index (κ3) is 5.70. The summed E-state index contributed by atoms with van der Waals surface area (Å²) in [6.07, 6.45) is 3.28. The minimum absolute atomic E-state index is 0.206. The molecule has 0 unspecified atom stereocenters. The van der Waals surface area contributed by atoms with Crippen LogP contribution in [-0.4, -0.2) is 23.3 Å². The maximum absolute atomic E-state index is 11.7. The van der Waals surface area contributed by atoms with Crippen molar-refractivity contribution in [3.63, 3.8) is 0 Å². The molecular formula is C23H26N4O3. The number of aromatic amines is 1. The van der Waals surface area contributed by atoms with Crippen molar-refractivity contribution in [2.24, 2.45) is 5.10 Å². The number of H-pyrrole nitrogens is 1. The summed E-state index contributed by atoms with van der Waals surface area (Å²) < 4.78 is 11.4. The minimum atomic E-state index is -0.206. The van der Waals surface area contributed by atoms with E-state index in [1.54, 1.807) is 13.3 Å². The van der Waals surface area contributed by atoms with Crippen molar-refractivity contribution in [2.45, 2.75) is 33.3 Å². The zero-order valence-electron chi connectivity index (χ0n) is 17.4. The number of ether oxygens (including phenoxy) is 2. The number of nitrogens with zero attached hydrogens (tertiary/aromatic N) is 2. The maximum atomic E-state index is 11.7. The summed E-state index contributed by atoms with van der Waals surface area (Å²) in [6, 6.07) is 15.2. The van der Waals surface area contributed by atoms with E-state index in [-0.39, 0.29) is 5.56 Å². The predicted octanol–water partition coefficient (Wildman–Crippen LogP) is 4.06. The summed E-state index contributed by atoms with van der Waals surface area (Å²) in [6.45, 7) is 4.56. The number of rotatable bonds is 9. The lowest BCUT2D eigenvalue weighted by molar-refractivity contribution is 0.284. The third-order valence-electron chi connectivity index (χ3n) is 4.52. The van der Waals surface area contributed by atoms with Crippen LogP contribution in [0.4, 0.5) is 5.95 Å². The Hall–Kier alpha value is -3.61. The fourth-order valence-electron chi connectivity index (χ4n) is 2.92. The second kappa shape index (κ2) is 10.2. The van der Waals surface area contributed by atoms with Crippen molar-refractivity contribution in [3.05, 3.63) is 81.3 Å². The Kier molecular flexibility index (Phi) is 7.21. The molecule has 156 valence electrons. The summed E-state index contributed by atoms with van der Waals surface area (Å²) in [5.41, 5.74) is 6.42. The maximum Gasteiger partial charge on any atom is 0.252 e. The number of hydrazone groups is 1. The molecule has 7 heteroatoms. The molecule has 0 amide bonds. The van der Waals surface area contributed by atoms with E-state index in [1.165, 1.54) is 11.6 Å². The molecule has 0 bridgehead atoms. The van der Waals surface area contributed by atoms with Gasteiger partial charge in [0.05, 0.1) is 13.3 Å². The van der Waals surface area contributed by atoms with Crippen molar-refractivity contribution >= 4 is 12.2 Å². The molecular weight excluding hydrogens is 380 g/mol. The molecule has 0 radical (unpaired) electrons. The Morgan fingerprint density at radius 2 is 2.00 bits per heavy atom. The Labute approximate surface area is 175 Å². The van der Waals surface area contributed by atoms with E-state index in [0.717, 1.165) is 29.7 Å². The number of hydrogen-bond acceptors (Lipinski definition) is 6. The molecule has 0 spiro atoms. The molecule has 3 aromatic rings. The molecule has 0 aliphatic heterocycles. The lowest BCUT2D eigenvalue weighted by atomic mass is 10.1. The van der Waals surface area contributed by atoms with Gasteiger partial charge in [-0.25, -0.2) is 10.4 Å². The number of methoxy groups -OCH3 is 1. The third-order valence-corrected chi connectivity index (χ3v) is 4.52. The first-order valence-electron chi connectivity index (χ1n) is 9.83. The van der Waals surface area contributed by atoms with Crippen LogP contribution in [0.2, 0.25) is 0 Å². The summed E-state index contributed by atoms with van der Waals surface area (Å²) in [5, 5.41) is 4.16. The SMILES string of the molecule is CCCc1cc(=O)[nH]c(N/N=C/c2ccc(OCc3ccccc3C)c(OC)c2)n1. The molecule has 2 aromatic carbocycles. The number of nitrogens with one attached hydrogen (secondary N) is 2. The quantitative estimate of drug-likeness (QED) is 0.413. The summed E-state index contributed by atoms with van der Waals surface area (Å²) >= 11 is 0. The molecule has 0 fully saturated rings. The topological polar surface area (TPSA) is 88.6 Å². The van der Waals surface area contributed by atoms with Crippen LogP contribution in [-0.2, 0) is 13.0 Å². The Morgan fingerprint density at radius 3 is 2.77 bits per heavy atom. The van der Waals surface area contributed by atoms with Gasteiger partial charge in [-0.3, -0.25) is 9.78 Å². The Bertz CT molecular complexity index is 1080. The van der Waals surface area contributed by atoms with Crippen LogP contribution in [0.15, 0.2) is 58.4 Å². The van der Waals surface area contributed by atoms with Crippen LogP contribution in [0.5, 0.6) is 11.5 Å². The second-order valence-electron chi connectivity index (χ2n) is 6.83. The molecule has 2 N–H and O–H groups in total. The van der Waals surface area contributed by atoms with Gasteiger partial charge in [0.15, 0.2) is 11.5 Å². The van der Waals surface area contributed by atoms with E-state index in [2.05, 4.69) is 33.5 Å². The van der Waals surface area contributed by atoms with E-state index in [0.29, 0.717) is 24.1 Å². The Morgan fingerprint density at radius 1 is 1.17 bits per heavy atom. The van der Waals surface area contributed by atoms with Crippen LogP contribution < -0.4 is 20.5 Å². The number of benzene rings is 2. The number of aryl methyl sites for hydroxylation is 2. The molecule has 7 nitrogen and oxygen atoms in total. The predicted molar refractivity (Wildman–Crippen MR) is 119 cm³/mol. The van der Waals surface area contributed by atoms with E-state index in [4.69, 9.17) is 9.47 Å². The van der Waals surface area contributed by atoms with E-state index in [9.17, 15) is 4.79 Å². The highest BCUT2D eigenvalue weighted by atomic mass is 16.5. The van der Waals surface area contributed by atoms with Crippen molar-refractivity contribution in [1.82, 2.24) is 9.97 Å². The molecule has 0 aliphatic rings. The summed E-state index contributed by atoms with van der Waals surface area (Å²) in [7, 11) is 1.60. The van der Waals surface area contributed by atoms with E-state index < -0.39 is 0 Å². The van der Waals surface area contributed by atoms with Gasteiger partial charge >= 0.3 is 0 Å². The average Bonchev–Trinajstić information content (AvgIpc) is 2.73. The standard InChI is InChI=1S/C23H26N4O3/c1-4-7-19-13-22(28)26-23(25-19)27-24-14-17-10-11-20(21(12-17)29-3)30-15-18-9-6-5-8-16(18)2/h5-6,8-14H,4,7,15H2,1-3H3,(H2,25,26,27,28)/b24-14+. The van der Waals surface area contributed by atoms with Gasteiger partial charge in [-0.2, -0.15) is 5.10 Å².